The number of hydrogen-bond acceptors (Lipinski definition) is 3. The van der Waals surface area contributed by atoms with Crippen LogP contribution in [0.25, 0.3) is 0 Å². The smallest absolute Gasteiger partial charge is 0.102 e. The number of ether oxygens (including phenoxy) is 1. The minimum atomic E-state index is -0.604. The van der Waals surface area contributed by atoms with Crippen molar-refractivity contribution in [2.75, 3.05) is 19.8 Å². The fourth-order valence-electron chi connectivity index (χ4n) is 1.03. The highest BCUT2D eigenvalue weighted by Crippen LogP contribution is 2.11. The Hall–Kier alpha value is -0.900. The summed E-state index contributed by atoms with van der Waals surface area (Å²) in [5.41, 5.74) is 0.834. The average molecular weight is 182 g/mol. The Balaban J connectivity index is 2.35. The molecule has 0 amide bonds. The van der Waals surface area contributed by atoms with Gasteiger partial charge in [0.05, 0.1) is 19.8 Å². The molecule has 1 rings (SSSR count). The van der Waals surface area contributed by atoms with Gasteiger partial charge in [0.15, 0.2) is 0 Å². The molecule has 72 valence electrons. The Morgan fingerprint density at radius 3 is 2.54 bits per heavy atom. The van der Waals surface area contributed by atoms with Crippen LogP contribution in [0.3, 0.4) is 0 Å². The first-order chi connectivity index (χ1) is 6.34. The number of rotatable bonds is 5. The SMILES string of the molecule is OCCOC[C@@H](O)c1ccccc1. The van der Waals surface area contributed by atoms with Crippen molar-refractivity contribution in [3.05, 3.63) is 35.9 Å². The molecule has 0 saturated heterocycles. The molecule has 3 heteroatoms. The molecule has 13 heavy (non-hydrogen) atoms. The molecule has 1 aromatic rings. The summed E-state index contributed by atoms with van der Waals surface area (Å²) in [6, 6.07) is 9.31. The maximum Gasteiger partial charge on any atom is 0.102 e. The van der Waals surface area contributed by atoms with Crippen molar-refractivity contribution >= 4 is 0 Å². The lowest BCUT2D eigenvalue weighted by atomic mass is 10.1. The summed E-state index contributed by atoms with van der Waals surface area (Å²) in [5.74, 6) is 0. The molecule has 0 saturated carbocycles. The molecule has 0 aliphatic rings. The summed E-state index contributed by atoms with van der Waals surface area (Å²) in [5, 5.41) is 18.0. The molecule has 0 unspecified atom stereocenters. The quantitative estimate of drug-likeness (QED) is 0.660. The zero-order chi connectivity index (χ0) is 9.52. The highest BCUT2D eigenvalue weighted by Gasteiger charge is 2.05. The monoisotopic (exact) mass is 182 g/mol. The number of hydrogen-bond donors (Lipinski definition) is 2. The van der Waals surface area contributed by atoms with Gasteiger partial charge in [0.25, 0.3) is 0 Å². The molecule has 0 radical (unpaired) electrons. The zero-order valence-corrected chi connectivity index (χ0v) is 7.39. The number of aliphatic hydroxyl groups is 2. The Morgan fingerprint density at radius 1 is 1.23 bits per heavy atom. The van der Waals surface area contributed by atoms with Crippen LogP contribution in [0, 0.1) is 0 Å². The second kappa shape index (κ2) is 5.70. The zero-order valence-electron chi connectivity index (χ0n) is 7.39. The molecule has 2 N–H and O–H groups in total. The van der Waals surface area contributed by atoms with Gasteiger partial charge >= 0.3 is 0 Å². The molecule has 1 aromatic carbocycles. The van der Waals surface area contributed by atoms with E-state index in [1.165, 1.54) is 0 Å². The first kappa shape index (κ1) is 10.2. The fraction of sp³-hybridized carbons (Fsp3) is 0.400. The molecule has 1 atom stereocenters. The van der Waals surface area contributed by atoms with Gasteiger partial charge in [0.1, 0.15) is 6.10 Å². The summed E-state index contributed by atoms with van der Waals surface area (Å²) in [6.45, 7) is 0.482. The van der Waals surface area contributed by atoms with Gasteiger partial charge in [0, 0.05) is 0 Å². The van der Waals surface area contributed by atoms with E-state index < -0.39 is 6.10 Å². The lowest BCUT2D eigenvalue weighted by molar-refractivity contribution is 0.0206. The predicted octanol–water partition coefficient (Wildman–Crippen LogP) is 0.729. The van der Waals surface area contributed by atoms with Gasteiger partial charge < -0.3 is 14.9 Å². The van der Waals surface area contributed by atoms with Gasteiger partial charge in [0.2, 0.25) is 0 Å². The molecule has 0 bridgehead atoms. The summed E-state index contributed by atoms with van der Waals surface area (Å²) >= 11 is 0. The van der Waals surface area contributed by atoms with Crippen LogP contribution < -0.4 is 0 Å². The minimum absolute atomic E-state index is 0.0124. The molecule has 0 aliphatic carbocycles. The van der Waals surface area contributed by atoms with E-state index in [2.05, 4.69) is 0 Å². The van der Waals surface area contributed by atoms with Crippen LogP contribution in [0.5, 0.6) is 0 Å². The van der Waals surface area contributed by atoms with E-state index in [-0.39, 0.29) is 19.8 Å². The molecule has 3 nitrogen and oxygen atoms in total. The van der Waals surface area contributed by atoms with Crippen LogP contribution in [-0.2, 0) is 4.74 Å². The third-order valence-corrected chi connectivity index (χ3v) is 1.70. The molecule has 0 spiro atoms. The fourth-order valence-corrected chi connectivity index (χ4v) is 1.03. The lowest BCUT2D eigenvalue weighted by Gasteiger charge is -2.10. The van der Waals surface area contributed by atoms with Crippen LogP contribution in [0.1, 0.15) is 11.7 Å². The highest BCUT2D eigenvalue weighted by atomic mass is 16.5. The van der Waals surface area contributed by atoms with Crippen LogP contribution in [0.15, 0.2) is 30.3 Å². The molecule has 0 aliphatic heterocycles. The molecule has 0 heterocycles. The first-order valence-corrected chi connectivity index (χ1v) is 4.26. The third kappa shape index (κ3) is 3.55. The Morgan fingerprint density at radius 2 is 1.92 bits per heavy atom. The van der Waals surface area contributed by atoms with Gasteiger partial charge in [-0.05, 0) is 5.56 Å². The van der Waals surface area contributed by atoms with E-state index in [0.29, 0.717) is 0 Å². The largest absolute Gasteiger partial charge is 0.394 e. The molecule has 0 fully saturated rings. The molecular weight excluding hydrogens is 168 g/mol. The maximum atomic E-state index is 9.54. The standard InChI is InChI=1S/C10H14O3/c11-6-7-13-8-10(12)9-4-2-1-3-5-9/h1-5,10-12H,6-8H2/t10-/m1/s1. The van der Waals surface area contributed by atoms with Crippen molar-refractivity contribution in [3.63, 3.8) is 0 Å². The number of benzene rings is 1. The maximum absolute atomic E-state index is 9.54. The summed E-state index contributed by atoms with van der Waals surface area (Å²) in [7, 11) is 0. The van der Waals surface area contributed by atoms with Crippen LogP contribution in [0.4, 0.5) is 0 Å². The van der Waals surface area contributed by atoms with Gasteiger partial charge in [-0.2, -0.15) is 0 Å². The van der Waals surface area contributed by atoms with Crippen LogP contribution >= 0.6 is 0 Å². The van der Waals surface area contributed by atoms with Crippen LogP contribution in [-0.4, -0.2) is 30.0 Å². The predicted molar refractivity (Wildman–Crippen MR) is 49.3 cm³/mol. The van der Waals surface area contributed by atoms with Crippen molar-refractivity contribution in [3.8, 4) is 0 Å². The van der Waals surface area contributed by atoms with E-state index in [1.807, 2.05) is 30.3 Å². The Bertz CT molecular complexity index is 223. The van der Waals surface area contributed by atoms with E-state index in [1.54, 1.807) is 0 Å². The van der Waals surface area contributed by atoms with Crippen LogP contribution in [0.2, 0.25) is 0 Å². The van der Waals surface area contributed by atoms with Crippen molar-refractivity contribution in [2.45, 2.75) is 6.10 Å². The van der Waals surface area contributed by atoms with Gasteiger partial charge in [-0.3, -0.25) is 0 Å². The summed E-state index contributed by atoms with van der Waals surface area (Å²) in [6.07, 6.45) is -0.604. The van der Waals surface area contributed by atoms with E-state index in [4.69, 9.17) is 9.84 Å². The second-order valence-electron chi connectivity index (χ2n) is 2.73. The van der Waals surface area contributed by atoms with Crippen molar-refractivity contribution in [2.24, 2.45) is 0 Å². The van der Waals surface area contributed by atoms with Crippen molar-refractivity contribution in [1.82, 2.24) is 0 Å². The number of aliphatic hydroxyl groups excluding tert-OH is 2. The van der Waals surface area contributed by atoms with Crippen molar-refractivity contribution < 1.29 is 14.9 Å². The Kier molecular flexibility index (Phi) is 4.46. The summed E-state index contributed by atoms with van der Waals surface area (Å²) < 4.78 is 5.00. The van der Waals surface area contributed by atoms with Gasteiger partial charge in [-0.25, -0.2) is 0 Å². The average Bonchev–Trinajstić information content (AvgIpc) is 2.19. The normalized spacial score (nSPS) is 12.8. The second-order valence-corrected chi connectivity index (χ2v) is 2.73. The molecular formula is C10H14O3. The van der Waals surface area contributed by atoms with E-state index >= 15 is 0 Å². The van der Waals surface area contributed by atoms with Gasteiger partial charge in [-0.1, -0.05) is 30.3 Å². The lowest BCUT2D eigenvalue weighted by Crippen LogP contribution is -2.09. The summed E-state index contributed by atoms with van der Waals surface area (Å²) in [4.78, 5) is 0. The van der Waals surface area contributed by atoms with E-state index in [9.17, 15) is 5.11 Å². The minimum Gasteiger partial charge on any atom is -0.394 e. The Labute approximate surface area is 77.6 Å². The topological polar surface area (TPSA) is 49.7 Å². The van der Waals surface area contributed by atoms with Crippen molar-refractivity contribution in [1.29, 1.82) is 0 Å². The van der Waals surface area contributed by atoms with E-state index in [0.717, 1.165) is 5.56 Å². The third-order valence-electron chi connectivity index (χ3n) is 1.70. The molecule has 0 aromatic heterocycles. The van der Waals surface area contributed by atoms with Gasteiger partial charge in [-0.15, -0.1) is 0 Å². The first-order valence-electron chi connectivity index (χ1n) is 4.26. The highest BCUT2D eigenvalue weighted by molar-refractivity contribution is 5.17.